The first-order valence-corrected chi connectivity index (χ1v) is 7.35. The second-order valence-corrected chi connectivity index (χ2v) is 5.31. The summed E-state index contributed by atoms with van der Waals surface area (Å²) in [6.07, 6.45) is 2.00. The van der Waals surface area contributed by atoms with Gasteiger partial charge in [0.15, 0.2) is 5.54 Å². The van der Waals surface area contributed by atoms with Gasteiger partial charge >= 0.3 is 5.97 Å². The molecule has 2 rings (SSSR count). The zero-order chi connectivity index (χ0) is 15.3. The Balaban J connectivity index is 2.09. The van der Waals surface area contributed by atoms with Crippen LogP contribution < -0.4 is 10.1 Å². The molecule has 1 unspecified atom stereocenters. The van der Waals surface area contributed by atoms with Gasteiger partial charge in [-0.15, -0.1) is 0 Å². The first-order chi connectivity index (χ1) is 10.2. The summed E-state index contributed by atoms with van der Waals surface area (Å²) in [6, 6.07) is 7.24. The predicted octanol–water partition coefficient (Wildman–Crippen LogP) is 1.49. The maximum absolute atomic E-state index is 12.3. The molecule has 1 aliphatic carbocycles. The van der Waals surface area contributed by atoms with Gasteiger partial charge in [0.1, 0.15) is 12.4 Å². The third-order valence-corrected chi connectivity index (χ3v) is 3.91. The topological polar surface area (TPSA) is 67.8 Å². The van der Waals surface area contributed by atoms with E-state index in [0.717, 1.165) is 18.4 Å². The van der Waals surface area contributed by atoms with E-state index in [1.165, 1.54) is 0 Å². The van der Waals surface area contributed by atoms with Crippen LogP contribution in [0, 0.1) is 5.92 Å². The average Bonchev–Trinajstić information content (AvgIpc) is 3.34. The van der Waals surface area contributed by atoms with E-state index in [0.29, 0.717) is 12.4 Å². The molecule has 5 nitrogen and oxygen atoms in total. The third-order valence-electron chi connectivity index (χ3n) is 3.91. The van der Waals surface area contributed by atoms with E-state index in [-0.39, 0.29) is 25.1 Å². The van der Waals surface area contributed by atoms with Gasteiger partial charge in [0.2, 0.25) is 0 Å². The molecule has 0 bridgehead atoms. The van der Waals surface area contributed by atoms with Crippen molar-refractivity contribution >= 4 is 5.97 Å². The highest BCUT2D eigenvalue weighted by atomic mass is 16.5. The number of hydrogen-bond donors (Lipinski definition) is 2. The van der Waals surface area contributed by atoms with Gasteiger partial charge < -0.3 is 19.9 Å². The van der Waals surface area contributed by atoms with Crippen LogP contribution in [0.2, 0.25) is 0 Å². The van der Waals surface area contributed by atoms with Crippen molar-refractivity contribution in [1.82, 2.24) is 5.32 Å². The molecule has 1 aliphatic rings. The van der Waals surface area contributed by atoms with Crippen LogP contribution in [0.15, 0.2) is 24.3 Å². The Morgan fingerprint density at radius 3 is 2.81 bits per heavy atom. The number of ether oxygens (including phenoxy) is 2. The summed E-state index contributed by atoms with van der Waals surface area (Å²) in [4.78, 5) is 12.3. The fraction of sp³-hybridized carbons (Fsp3) is 0.562. The Kier molecular flexibility index (Phi) is 5.20. The van der Waals surface area contributed by atoms with E-state index in [9.17, 15) is 4.79 Å². The number of benzene rings is 1. The molecule has 0 aromatic heterocycles. The molecule has 0 heterocycles. The van der Waals surface area contributed by atoms with Crippen molar-refractivity contribution < 1.29 is 19.4 Å². The fourth-order valence-electron chi connectivity index (χ4n) is 2.49. The maximum atomic E-state index is 12.3. The first-order valence-electron chi connectivity index (χ1n) is 7.35. The lowest BCUT2D eigenvalue weighted by Gasteiger charge is -2.31. The van der Waals surface area contributed by atoms with Crippen molar-refractivity contribution in [3.05, 3.63) is 29.8 Å². The number of carbonyl (C=O) groups is 1. The number of aliphatic hydroxyl groups excluding tert-OH is 1. The van der Waals surface area contributed by atoms with Gasteiger partial charge in [-0.2, -0.15) is 0 Å². The highest BCUT2D eigenvalue weighted by Crippen LogP contribution is 2.40. The molecule has 0 amide bonds. The maximum Gasteiger partial charge on any atom is 0.330 e. The van der Waals surface area contributed by atoms with Crippen molar-refractivity contribution in [2.45, 2.75) is 31.9 Å². The third kappa shape index (κ3) is 3.54. The van der Waals surface area contributed by atoms with Gasteiger partial charge in [0, 0.05) is 0 Å². The summed E-state index contributed by atoms with van der Waals surface area (Å²) in [5, 5.41) is 12.3. The van der Waals surface area contributed by atoms with Crippen molar-refractivity contribution in [2.24, 2.45) is 5.92 Å². The van der Waals surface area contributed by atoms with Gasteiger partial charge in [-0.05, 0) is 50.4 Å². The quantitative estimate of drug-likeness (QED) is 0.711. The van der Waals surface area contributed by atoms with E-state index in [4.69, 9.17) is 14.6 Å². The van der Waals surface area contributed by atoms with Crippen LogP contribution in [-0.2, 0) is 16.1 Å². The minimum absolute atomic E-state index is 0.0329. The molecule has 21 heavy (non-hydrogen) atoms. The van der Waals surface area contributed by atoms with E-state index in [1.54, 1.807) is 20.0 Å². The molecule has 0 saturated heterocycles. The molecule has 116 valence electrons. The number of nitrogens with one attached hydrogen (secondary N) is 1. The highest BCUT2D eigenvalue weighted by Gasteiger charge is 2.52. The average molecular weight is 293 g/mol. The molecule has 1 saturated carbocycles. The number of esters is 1. The van der Waals surface area contributed by atoms with Gasteiger partial charge in [0.05, 0.1) is 13.2 Å². The predicted molar refractivity (Wildman–Crippen MR) is 79.0 cm³/mol. The Hall–Kier alpha value is -1.59. The molecule has 1 aromatic rings. The van der Waals surface area contributed by atoms with Crippen LogP contribution in [0.1, 0.15) is 25.3 Å². The summed E-state index contributed by atoms with van der Waals surface area (Å²) in [5.74, 6) is 0.641. The minimum Gasteiger partial charge on any atom is -0.491 e. The lowest BCUT2D eigenvalue weighted by atomic mass is 9.94. The number of likely N-dealkylation sites (N-methyl/N-ethyl adjacent to an activating group) is 1. The molecular weight excluding hydrogens is 270 g/mol. The highest BCUT2D eigenvalue weighted by molar-refractivity contribution is 5.82. The number of aliphatic hydroxyl groups is 1. The second-order valence-electron chi connectivity index (χ2n) is 5.31. The van der Waals surface area contributed by atoms with E-state index in [2.05, 4.69) is 5.32 Å². The Bertz CT molecular complexity index is 487. The normalized spacial score (nSPS) is 17.1. The minimum atomic E-state index is -0.786. The van der Waals surface area contributed by atoms with Crippen molar-refractivity contribution in [3.8, 4) is 5.75 Å². The van der Waals surface area contributed by atoms with Gasteiger partial charge in [-0.3, -0.25) is 0 Å². The molecule has 5 heteroatoms. The Labute approximate surface area is 125 Å². The van der Waals surface area contributed by atoms with Crippen molar-refractivity contribution in [3.63, 3.8) is 0 Å². The SMILES string of the molecule is CCOC(=O)C(COc1cccc(CO)c1)(NC)C1CC1. The molecule has 1 atom stereocenters. The number of carbonyl (C=O) groups excluding carboxylic acids is 1. The summed E-state index contributed by atoms with van der Waals surface area (Å²) in [7, 11) is 1.77. The smallest absolute Gasteiger partial charge is 0.330 e. The van der Waals surface area contributed by atoms with Gasteiger partial charge in [-0.25, -0.2) is 4.79 Å². The Morgan fingerprint density at radius 1 is 1.48 bits per heavy atom. The van der Waals surface area contributed by atoms with E-state index in [1.807, 2.05) is 18.2 Å². The van der Waals surface area contributed by atoms with Gasteiger partial charge in [-0.1, -0.05) is 12.1 Å². The summed E-state index contributed by atoms with van der Waals surface area (Å²) in [6.45, 7) is 2.35. The second kappa shape index (κ2) is 6.91. The zero-order valence-corrected chi connectivity index (χ0v) is 12.6. The van der Waals surface area contributed by atoms with E-state index >= 15 is 0 Å². The van der Waals surface area contributed by atoms with Crippen LogP contribution >= 0.6 is 0 Å². The van der Waals surface area contributed by atoms with Crippen LogP contribution in [0.3, 0.4) is 0 Å². The standard InChI is InChI=1S/C16H23NO4/c1-3-20-15(19)16(17-2,13-7-8-13)11-21-14-6-4-5-12(9-14)10-18/h4-6,9,13,17-18H,3,7-8,10-11H2,1-2H3. The van der Waals surface area contributed by atoms with Crippen LogP contribution in [0.5, 0.6) is 5.75 Å². The van der Waals surface area contributed by atoms with Gasteiger partial charge in [0.25, 0.3) is 0 Å². The summed E-state index contributed by atoms with van der Waals surface area (Å²) >= 11 is 0. The molecule has 0 radical (unpaired) electrons. The molecule has 0 spiro atoms. The lowest BCUT2D eigenvalue weighted by Crippen LogP contribution is -2.57. The molecule has 2 N–H and O–H groups in total. The van der Waals surface area contributed by atoms with Crippen LogP contribution in [0.4, 0.5) is 0 Å². The molecular formula is C16H23NO4. The van der Waals surface area contributed by atoms with E-state index < -0.39 is 5.54 Å². The first kappa shape index (κ1) is 15.8. The largest absolute Gasteiger partial charge is 0.491 e. The zero-order valence-electron chi connectivity index (χ0n) is 12.6. The van der Waals surface area contributed by atoms with Crippen molar-refractivity contribution in [2.75, 3.05) is 20.3 Å². The fourth-order valence-corrected chi connectivity index (χ4v) is 2.49. The monoisotopic (exact) mass is 293 g/mol. The summed E-state index contributed by atoms with van der Waals surface area (Å²) in [5.41, 5.74) is -0.00397. The molecule has 1 fully saturated rings. The molecule has 1 aromatic carbocycles. The molecule has 0 aliphatic heterocycles. The Morgan fingerprint density at radius 2 is 2.24 bits per heavy atom. The lowest BCUT2D eigenvalue weighted by molar-refractivity contribution is -0.153. The van der Waals surface area contributed by atoms with Crippen LogP contribution in [-0.4, -0.2) is 36.9 Å². The summed E-state index contributed by atoms with van der Waals surface area (Å²) < 4.78 is 11.0. The van der Waals surface area contributed by atoms with Crippen molar-refractivity contribution in [1.29, 1.82) is 0 Å². The number of hydrogen-bond acceptors (Lipinski definition) is 5. The number of rotatable bonds is 8. The van der Waals surface area contributed by atoms with Crippen LogP contribution in [0.25, 0.3) is 0 Å².